The number of aryl methyl sites for hydroxylation is 1. The van der Waals surface area contributed by atoms with Crippen LogP contribution in [0.25, 0.3) is 5.76 Å². The molecule has 8 heteroatoms. The standard InChI is InChI=1S/C26H32N2O6/c1-7-34-19-12-11-17(15-16(19)2)23(29)21-22(18-9-8-10-20(32-5)25(18)33-6)28(14-13-27(3)4)26(31)24(21)30/h8-12,15,22,29H,7,13-14H2,1-6H3/b23-21+. The van der Waals surface area contributed by atoms with Crippen molar-refractivity contribution in [1.82, 2.24) is 9.80 Å². The summed E-state index contributed by atoms with van der Waals surface area (Å²) in [6.45, 7) is 5.10. The number of methoxy groups -OCH3 is 2. The number of ketones is 1. The van der Waals surface area contributed by atoms with Gasteiger partial charge < -0.3 is 29.1 Å². The second-order valence-corrected chi connectivity index (χ2v) is 8.29. The van der Waals surface area contributed by atoms with E-state index in [0.29, 0.717) is 48.1 Å². The third kappa shape index (κ3) is 4.72. The van der Waals surface area contributed by atoms with Crippen LogP contribution in [0.15, 0.2) is 42.0 Å². The lowest BCUT2D eigenvalue weighted by molar-refractivity contribution is -0.140. The van der Waals surface area contributed by atoms with Gasteiger partial charge in [0.2, 0.25) is 0 Å². The van der Waals surface area contributed by atoms with E-state index < -0.39 is 17.7 Å². The van der Waals surface area contributed by atoms with Gasteiger partial charge in [-0.15, -0.1) is 0 Å². The Morgan fingerprint density at radius 2 is 1.82 bits per heavy atom. The van der Waals surface area contributed by atoms with Gasteiger partial charge in [0.05, 0.1) is 32.4 Å². The van der Waals surface area contributed by atoms with Crippen molar-refractivity contribution < 1.29 is 28.9 Å². The average molecular weight is 469 g/mol. The highest BCUT2D eigenvalue weighted by atomic mass is 16.5. The number of rotatable bonds is 9. The Kier molecular flexibility index (Phi) is 7.83. The number of para-hydroxylation sites is 1. The quantitative estimate of drug-likeness (QED) is 0.343. The summed E-state index contributed by atoms with van der Waals surface area (Å²) in [5, 5.41) is 11.3. The zero-order valence-electron chi connectivity index (χ0n) is 20.5. The number of aliphatic hydroxyl groups excluding tert-OH is 1. The van der Waals surface area contributed by atoms with E-state index >= 15 is 0 Å². The molecule has 1 saturated heterocycles. The minimum Gasteiger partial charge on any atom is -0.507 e. The molecule has 1 amide bonds. The highest BCUT2D eigenvalue weighted by molar-refractivity contribution is 6.46. The molecular weight excluding hydrogens is 436 g/mol. The number of likely N-dealkylation sites (tertiary alicyclic amines) is 1. The van der Waals surface area contributed by atoms with Gasteiger partial charge in [-0.25, -0.2) is 0 Å². The first-order valence-electron chi connectivity index (χ1n) is 11.1. The molecule has 1 heterocycles. The molecule has 2 aromatic carbocycles. The Bertz CT molecular complexity index is 1110. The van der Waals surface area contributed by atoms with E-state index in [1.807, 2.05) is 32.8 Å². The van der Waals surface area contributed by atoms with Gasteiger partial charge in [-0.2, -0.15) is 0 Å². The van der Waals surface area contributed by atoms with E-state index in [4.69, 9.17) is 14.2 Å². The van der Waals surface area contributed by atoms with Crippen LogP contribution in [0.1, 0.15) is 29.7 Å². The van der Waals surface area contributed by atoms with Crippen LogP contribution in [0.4, 0.5) is 0 Å². The number of Topliss-reactive ketones (excluding diaryl/α,β-unsaturated/α-hetero) is 1. The minimum atomic E-state index is -0.836. The molecule has 0 spiro atoms. The number of carbonyl (C=O) groups excluding carboxylic acids is 2. The Hall–Kier alpha value is -3.52. The van der Waals surface area contributed by atoms with Crippen LogP contribution in [0, 0.1) is 6.92 Å². The lowest BCUT2D eigenvalue weighted by atomic mass is 9.94. The molecule has 182 valence electrons. The molecule has 3 rings (SSSR count). The number of likely N-dealkylation sites (N-methyl/N-ethyl adjacent to an activating group) is 1. The number of ether oxygens (including phenoxy) is 3. The van der Waals surface area contributed by atoms with Crippen LogP contribution in [0.2, 0.25) is 0 Å². The number of benzene rings is 2. The number of carbonyl (C=O) groups is 2. The Morgan fingerprint density at radius 1 is 1.09 bits per heavy atom. The normalized spacial score (nSPS) is 17.4. The Morgan fingerprint density at radius 3 is 2.41 bits per heavy atom. The van der Waals surface area contributed by atoms with Crippen molar-refractivity contribution in [2.75, 3.05) is 48.0 Å². The minimum absolute atomic E-state index is 0.0128. The van der Waals surface area contributed by atoms with Gasteiger partial charge in [0, 0.05) is 24.2 Å². The second-order valence-electron chi connectivity index (χ2n) is 8.29. The van der Waals surface area contributed by atoms with E-state index in [1.54, 1.807) is 36.4 Å². The largest absolute Gasteiger partial charge is 0.507 e. The van der Waals surface area contributed by atoms with Crippen LogP contribution in [-0.2, 0) is 9.59 Å². The maximum Gasteiger partial charge on any atom is 0.295 e. The molecule has 1 N–H and O–H groups in total. The highest BCUT2D eigenvalue weighted by Gasteiger charge is 2.47. The lowest BCUT2D eigenvalue weighted by Crippen LogP contribution is -2.35. The predicted octanol–water partition coefficient (Wildman–Crippen LogP) is 3.39. The molecule has 0 radical (unpaired) electrons. The molecule has 0 bridgehead atoms. The van der Waals surface area contributed by atoms with Crippen molar-refractivity contribution in [1.29, 1.82) is 0 Å². The maximum absolute atomic E-state index is 13.2. The Labute approximate surface area is 200 Å². The van der Waals surface area contributed by atoms with E-state index in [2.05, 4.69) is 0 Å². The fourth-order valence-electron chi connectivity index (χ4n) is 4.14. The van der Waals surface area contributed by atoms with Gasteiger partial charge in [0.15, 0.2) is 11.5 Å². The molecule has 2 aromatic rings. The molecule has 1 aliphatic rings. The van der Waals surface area contributed by atoms with Gasteiger partial charge in [0.25, 0.3) is 11.7 Å². The first-order valence-corrected chi connectivity index (χ1v) is 11.1. The highest BCUT2D eigenvalue weighted by Crippen LogP contribution is 2.45. The van der Waals surface area contributed by atoms with Crippen LogP contribution in [0.5, 0.6) is 17.2 Å². The van der Waals surface area contributed by atoms with Crippen LogP contribution < -0.4 is 14.2 Å². The van der Waals surface area contributed by atoms with Crippen molar-refractivity contribution in [3.63, 3.8) is 0 Å². The number of amides is 1. The second kappa shape index (κ2) is 10.6. The van der Waals surface area contributed by atoms with Gasteiger partial charge in [-0.1, -0.05) is 12.1 Å². The summed E-state index contributed by atoms with van der Waals surface area (Å²) in [4.78, 5) is 29.8. The third-order valence-electron chi connectivity index (χ3n) is 5.80. The topological polar surface area (TPSA) is 88.5 Å². The molecule has 1 aliphatic heterocycles. The number of hydrogen-bond donors (Lipinski definition) is 1. The van der Waals surface area contributed by atoms with Crippen molar-refractivity contribution in [3.05, 3.63) is 58.7 Å². The zero-order chi connectivity index (χ0) is 25.0. The summed E-state index contributed by atoms with van der Waals surface area (Å²) in [5.41, 5.74) is 1.81. The SMILES string of the molecule is CCOc1ccc(/C(O)=C2\C(=O)C(=O)N(CCN(C)C)C2c2cccc(OC)c2OC)cc1C. The van der Waals surface area contributed by atoms with Gasteiger partial charge in [-0.05, 0) is 57.8 Å². The predicted molar refractivity (Wildman–Crippen MR) is 129 cm³/mol. The molecule has 8 nitrogen and oxygen atoms in total. The van der Waals surface area contributed by atoms with E-state index in [0.717, 1.165) is 5.56 Å². The molecule has 0 saturated carbocycles. The van der Waals surface area contributed by atoms with E-state index in [-0.39, 0.29) is 11.3 Å². The van der Waals surface area contributed by atoms with E-state index in [1.165, 1.54) is 19.1 Å². The molecule has 1 atom stereocenters. The van der Waals surface area contributed by atoms with Crippen molar-refractivity contribution in [3.8, 4) is 17.2 Å². The molecule has 0 aliphatic carbocycles. The van der Waals surface area contributed by atoms with Crippen LogP contribution in [-0.4, -0.2) is 74.6 Å². The summed E-state index contributed by atoms with van der Waals surface area (Å²) in [7, 11) is 6.80. The van der Waals surface area contributed by atoms with Gasteiger partial charge >= 0.3 is 0 Å². The fourth-order valence-corrected chi connectivity index (χ4v) is 4.14. The Balaban J connectivity index is 2.22. The number of aliphatic hydroxyl groups is 1. The van der Waals surface area contributed by atoms with Crippen molar-refractivity contribution in [2.45, 2.75) is 19.9 Å². The summed E-state index contributed by atoms with van der Waals surface area (Å²) in [6.07, 6.45) is 0. The van der Waals surface area contributed by atoms with Gasteiger partial charge in [0.1, 0.15) is 11.5 Å². The summed E-state index contributed by atoms with van der Waals surface area (Å²) in [5.74, 6) is -0.0857. The van der Waals surface area contributed by atoms with Gasteiger partial charge in [-0.3, -0.25) is 9.59 Å². The third-order valence-corrected chi connectivity index (χ3v) is 5.80. The summed E-state index contributed by atoms with van der Waals surface area (Å²) < 4.78 is 16.6. The molecule has 1 unspecified atom stereocenters. The van der Waals surface area contributed by atoms with Crippen molar-refractivity contribution >= 4 is 17.4 Å². The average Bonchev–Trinajstić information content (AvgIpc) is 3.07. The molecule has 34 heavy (non-hydrogen) atoms. The smallest absolute Gasteiger partial charge is 0.295 e. The summed E-state index contributed by atoms with van der Waals surface area (Å²) in [6, 6.07) is 9.62. The van der Waals surface area contributed by atoms with Crippen LogP contribution >= 0.6 is 0 Å². The zero-order valence-corrected chi connectivity index (χ0v) is 20.5. The van der Waals surface area contributed by atoms with Crippen molar-refractivity contribution in [2.24, 2.45) is 0 Å². The fraction of sp³-hybridized carbons (Fsp3) is 0.385. The first kappa shape index (κ1) is 25.1. The van der Waals surface area contributed by atoms with E-state index in [9.17, 15) is 14.7 Å². The molecule has 1 fully saturated rings. The molecule has 0 aromatic heterocycles. The number of nitrogens with zero attached hydrogens (tertiary/aromatic N) is 2. The molecular formula is C26H32N2O6. The van der Waals surface area contributed by atoms with Crippen LogP contribution in [0.3, 0.4) is 0 Å². The monoisotopic (exact) mass is 468 g/mol. The maximum atomic E-state index is 13.2. The summed E-state index contributed by atoms with van der Waals surface area (Å²) >= 11 is 0. The number of hydrogen-bond acceptors (Lipinski definition) is 7. The first-order chi connectivity index (χ1) is 16.2. The lowest BCUT2D eigenvalue weighted by Gasteiger charge is -2.28.